The Morgan fingerprint density at radius 3 is 2.53 bits per heavy atom. The molecule has 1 unspecified atom stereocenters. The second kappa shape index (κ2) is 4.47. The van der Waals surface area contributed by atoms with Gasteiger partial charge in [-0.05, 0) is 34.3 Å². The second-order valence-corrected chi connectivity index (χ2v) is 5.63. The van der Waals surface area contributed by atoms with E-state index in [1.165, 1.54) is 6.07 Å². The number of aromatic nitrogens is 1. The quantitative estimate of drug-likeness (QED) is 0.887. The zero-order valence-corrected chi connectivity index (χ0v) is 11.0. The summed E-state index contributed by atoms with van der Waals surface area (Å²) in [7, 11) is 0. The van der Waals surface area contributed by atoms with Gasteiger partial charge in [0.1, 0.15) is 0 Å². The highest BCUT2D eigenvalue weighted by Crippen LogP contribution is 2.24. The molecule has 0 aliphatic carbocycles. The van der Waals surface area contributed by atoms with E-state index in [9.17, 15) is 4.39 Å². The molecule has 0 spiro atoms. The van der Waals surface area contributed by atoms with Gasteiger partial charge in [-0.3, -0.25) is 0 Å². The molecule has 0 aliphatic rings. The number of rotatable bonds is 2. The molecule has 2 nitrogen and oxygen atoms in total. The molecule has 0 amide bonds. The summed E-state index contributed by atoms with van der Waals surface area (Å²) < 4.78 is 14.1. The van der Waals surface area contributed by atoms with Crippen molar-refractivity contribution in [1.29, 1.82) is 0 Å². The smallest absolute Gasteiger partial charge is 0.166 e. The van der Waals surface area contributed by atoms with Gasteiger partial charge in [-0.25, -0.2) is 9.37 Å². The van der Waals surface area contributed by atoms with E-state index in [0.29, 0.717) is 10.3 Å². The van der Waals surface area contributed by atoms with Crippen LogP contribution in [0.1, 0.15) is 27.7 Å². The average molecular weight is 275 g/mol. The van der Waals surface area contributed by atoms with Gasteiger partial charge in [0.25, 0.3) is 0 Å². The minimum atomic E-state index is -0.333. The van der Waals surface area contributed by atoms with Gasteiger partial charge in [0, 0.05) is 16.7 Å². The van der Waals surface area contributed by atoms with Gasteiger partial charge in [0.15, 0.2) is 11.6 Å². The Morgan fingerprint density at radius 2 is 2.07 bits per heavy atom. The van der Waals surface area contributed by atoms with E-state index >= 15 is 0 Å². The first-order valence-electron chi connectivity index (χ1n) is 4.88. The predicted molar refractivity (Wildman–Crippen MR) is 64.4 cm³/mol. The fraction of sp³-hybridized carbons (Fsp3) is 0.545. The number of pyridine rings is 1. The van der Waals surface area contributed by atoms with E-state index in [0.717, 1.165) is 0 Å². The summed E-state index contributed by atoms with van der Waals surface area (Å²) in [6, 6.07) is 1.56. The van der Waals surface area contributed by atoms with Crippen molar-refractivity contribution in [2.24, 2.45) is 5.41 Å². The minimum absolute atomic E-state index is 0.0706. The Kier molecular flexibility index (Phi) is 3.71. The van der Waals surface area contributed by atoms with Crippen molar-refractivity contribution >= 4 is 21.7 Å². The molecule has 0 bridgehead atoms. The summed E-state index contributed by atoms with van der Waals surface area (Å²) in [5.74, 6) is -0.0268. The van der Waals surface area contributed by atoms with Crippen LogP contribution in [0.3, 0.4) is 0 Å². The number of anilines is 1. The van der Waals surface area contributed by atoms with Crippen molar-refractivity contribution in [2.75, 3.05) is 5.32 Å². The maximum Gasteiger partial charge on any atom is 0.166 e. The molecule has 1 atom stereocenters. The molecule has 0 saturated carbocycles. The van der Waals surface area contributed by atoms with Gasteiger partial charge < -0.3 is 5.32 Å². The van der Waals surface area contributed by atoms with E-state index in [2.05, 4.69) is 47.0 Å². The Labute approximate surface area is 98.4 Å². The summed E-state index contributed by atoms with van der Waals surface area (Å²) in [6.07, 6.45) is 1.58. The van der Waals surface area contributed by atoms with E-state index in [1.807, 2.05) is 6.92 Å². The molecule has 15 heavy (non-hydrogen) atoms. The number of nitrogens with one attached hydrogen (secondary N) is 1. The first-order chi connectivity index (χ1) is 6.80. The molecule has 0 aromatic carbocycles. The van der Waals surface area contributed by atoms with Gasteiger partial charge in [-0.2, -0.15) is 0 Å². The summed E-state index contributed by atoms with van der Waals surface area (Å²) in [5, 5.41) is 3.07. The van der Waals surface area contributed by atoms with Gasteiger partial charge in [-0.15, -0.1) is 0 Å². The van der Waals surface area contributed by atoms with Crippen molar-refractivity contribution < 1.29 is 4.39 Å². The predicted octanol–water partition coefficient (Wildman–Crippen LogP) is 3.83. The third kappa shape index (κ3) is 3.45. The van der Waals surface area contributed by atoms with Gasteiger partial charge in [-0.1, -0.05) is 20.8 Å². The molecule has 1 rings (SSSR count). The van der Waals surface area contributed by atoms with Crippen LogP contribution in [0.5, 0.6) is 0 Å². The van der Waals surface area contributed by atoms with Crippen molar-refractivity contribution in [3.05, 3.63) is 22.6 Å². The van der Waals surface area contributed by atoms with Gasteiger partial charge in [0.2, 0.25) is 0 Å². The summed E-state index contributed by atoms with van der Waals surface area (Å²) in [5.41, 5.74) is 0.0706. The van der Waals surface area contributed by atoms with Crippen molar-refractivity contribution in [3.8, 4) is 0 Å². The Hall–Kier alpha value is -0.640. The molecule has 4 heteroatoms. The molecule has 0 radical (unpaired) electrons. The van der Waals surface area contributed by atoms with Crippen molar-refractivity contribution in [1.82, 2.24) is 4.98 Å². The molecular formula is C11H16BrFN2. The zero-order chi connectivity index (χ0) is 11.6. The van der Waals surface area contributed by atoms with Crippen LogP contribution in [-0.2, 0) is 0 Å². The largest absolute Gasteiger partial charge is 0.365 e. The van der Waals surface area contributed by atoms with Crippen molar-refractivity contribution in [3.63, 3.8) is 0 Å². The molecule has 84 valence electrons. The highest BCUT2D eigenvalue weighted by atomic mass is 79.9. The molecule has 0 aliphatic heterocycles. The first-order valence-corrected chi connectivity index (χ1v) is 5.67. The van der Waals surface area contributed by atoms with Crippen LogP contribution in [0.25, 0.3) is 0 Å². The lowest BCUT2D eigenvalue weighted by Crippen LogP contribution is -2.31. The zero-order valence-electron chi connectivity index (χ0n) is 9.44. The monoisotopic (exact) mass is 274 g/mol. The van der Waals surface area contributed by atoms with E-state index in [1.54, 1.807) is 6.20 Å². The van der Waals surface area contributed by atoms with Crippen LogP contribution in [0.4, 0.5) is 10.2 Å². The number of nitrogens with zero attached hydrogens (tertiary/aromatic N) is 1. The van der Waals surface area contributed by atoms with Crippen LogP contribution in [0, 0.1) is 11.2 Å². The van der Waals surface area contributed by atoms with Crippen LogP contribution in [-0.4, -0.2) is 11.0 Å². The molecule has 0 saturated heterocycles. The topological polar surface area (TPSA) is 24.9 Å². The molecule has 0 fully saturated rings. The third-order valence-corrected chi connectivity index (χ3v) is 2.89. The van der Waals surface area contributed by atoms with Crippen LogP contribution in [0.15, 0.2) is 16.7 Å². The number of halogens is 2. The molecule has 1 heterocycles. The fourth-order valence-electron chi connectivity index (χ4n) is 0.942. The number of hydrogen-bond acceptors (Lipinski definition) is 2. The van der Waals surface area contributed by atoms with Crippen molar-refractivity contribution in [2.45, 2.75) is 33.7 Å². The lowest BCUT2D eigenvalue weighted by atomic mass is 9.88. The SMILES string of the molecule is CC(Nc1ncc(Br)cc1F)C(C)(C)C. The Balaban J connectivity index is 2.82. The fourth-order valence-corrected chi connectivity index (χ4v) is 1.25. The molecular weight excluding hydrogens is 259 g/mol. The molecule has 1 aromatic rings. The van der Waals surface area contributed by atoms with E-state index in [4.69, 9.17) is 0 Å². The second-order valence-electron chi connectivity index (χ2n) is 4.72. The lowest BCUT2D eigenvalue weighted by molar-refractivity contribution is 0.357. The van der Waals surface area contributed by atoms with E-state index in [-0.39, 0.29) is 17.3 Å². The lowest BCUT2D eigenvalue weighted by Gasteiger charge is -2.28. The summed E-state index contributed by atoms with van der Waals surface area (Å²) in [4.78, 5) is 4.00. The van der Waals surface area contributed by atoms with Gasteiger partial charge >= 0.3 is 0 Å². The summed E-state index contributed by atoms with van der Waals surface area (Å²) in [6.45, 7) is 8.31. The maximum absolute atomic E-state index is 13.4. The summed E-state index contributed by atoms with van der Waals surface area (Å²) >= 11 is 3.17. The molecule has 1 aromatic heterocycles. The normalized spacial score (nSPS) is 13.7. The highest BCUT2D eigenvalue weighted by molar-refractivity contribution is 9.10. The van der Waals surface area contributed by atoms with Gasteiger partial charge in [0.05, 0.1) is 0 Å². The van der Waals surface area contributed by atoms with Crippen LogP contribution < -0.4 is 5.32 Å². The number of hydrogen-bond donors (Lipinski definition) is 1. The molecule has 1 N–H and O–H groups in total. The average Bonchev–Trinajstić information content (AvgIpc) is 2.08. The first kappa shape index (κ1) is 12.4. The van der Waals surface area contributed by atoms with Crippen LogP contribution in [0.2, 0.25) is 0 Å². The highest BCUT2D eigenvalue weighted by Gasteiger charge is 2.21. The Morgan fingerprint density at radius 1 is 1.47 bits per heavy atom. The Bertz CT molecular complexity index is 347. The van der Waals surface area contributed by atoms with E-state index < -0.39 is 0 Å². The standard InChI is InChI=1S/C11H16BrFN2/c1-7(11(2,3)4)15-10-9(13)5-8(12)6-14-10/h5-7H,1-4H3,(H,14,15). The third-order valence-electron chi connectivity index (χ3n) is 2.46. The minimum Gasteiger partial charge on any atom is -0.365 e. The van der Waals surface area contributed by atoms with Crippen LogP contribution >= 0.6 is 15.9 Å². The maximum atomic E-state index is 13.4.